The first-order chi connectivity index (χ1) is 9.06. The van der Waals surface area contributed by atoms with Gasteiger partial charge in [-0.2, -0.15) is 0 Å². The molecule has 0 radical (unpaired) electrons. The Kier molecular flexibility index (Phi) is 3.70. The van der Waals surface area contributed by atoms with Crippen LogP contribution in [-0.4, -0.2) is 35.4 Å². The number of nitrogens with zero attached hydrogens (tertiary/aromatic N) is 4. The highest BCUT2D eigenvalue weighted by atomic mass is 16.5. The highest BCUT2D eigenvalue weighted by Gasteiger charge is 2.21. The summed E-state index contributed by atoms with van der Waals surface area (Å²) in [6, 6.07) is 0. The third-order valence-electron chi connectivity index (χ3n) is 2.85. The first-order valence-corrected chi connectivity index (χ1v) is 5.89. The minimum absolute atomic E-state index is 0.193. The number of fused-ring (bicyclic) bond motifs is 1. The van der Waals surface area contributed by atoms with E-state index in [0.29, 0.717) is 24.6 Å². The normalized spacial score (nSPS) is 15.2. The Labute approximate surface area is 108 Å². The summed E-state index contributed by atoms with van der Waals surface area (Å²) in [6.07, 6.45) is 0.804. The van der Waals surface area contributed by atoms with Gasteiger partial charge in [-0.25, -0.2) is 4.79 Å². The van der Waals surface area contributed by atoms with Crippen molar-refractivity contribution in [2.45, 2.75) is 6.42 Å². The Bertz CT molecular complexity index is 756. The Morgan fingerprint density at radius 1 is 1.21 bits per heavy atom. The molecule has 0 spiro atoms. The number of ether oxygens (including phenoxy) is 1. The minimum atomic E-state index is -0.435. The lowest BCUT2D eigenvalue weighted by Crippen LogP contribution is -2.72. The molecule has 0 saturated heterocycles. The maximum Gasteiger partial charge on any atom is 0.429 e. The second-order valence-electron chi connectivity index (χ2n) is 4.20. The van der Waals surface area contributed by atoms with Crippen LogP contribution in [0.25, 0.3) is 0 Å². The fraction of sp³-hybridized carbons (Fsp3) is 0.545. The topological polar surface area (TPSA) is 91.9 Å². The molecule has 8 nitrogen and oxygen atoms in total. The lowest BCUT2D eigenvalue weighted by atomic mass is 10.5. The number of nitrogens with one attached hydrogen (secondary N) is 1. The lowest BCUT2D eigenvalue weighted by molar-refractivity contribution is -0.460. The fourth-order valence-corrected chi connectivity index (χ4v) is 1.77. The van der Waals surface area contributed by atoms with E-state index < -0.39 is 11.2 Å². The molecule has 2 heterocycles. The Hall–Kier alpha value is -2.09. The number of rotatable bonds is 4. The fourth-order valence-electron chi connectivity index (χ4n) is 1.77. The van der Waals surface area contributed by atoms with E-state index in [4.69, 9.17) is 4.74 Å². The van der Waals surface area contributed by atoms with Crippen molar-refractivity contribution in [1.29, 1.82) is 0 Å². The molecular weight excluding hydrogens is 250 g/mol. The SMILES string of the molecule is COCCC[NH+]=C1N=c2c(=O)n(C)c(=O)n(C)c2=N1. The molecular formula is C11H16N5O3+. The van der Waals surface area contributed by atoms with E-state index in [2.05, 4.69) is 15.0 Å². The van der Waals surface area contributed by atoms with Crippen LogP contribution in [0, 0.1) is 0 Å². The van der Waals surface area contributed by atoms with Crippen LogP contribution >= 0.6 is 0 Å². The molecule has 1 aliphatic heterocycles. The summed E-state index contributed by atoms with van der Waals surface area (Å²) in [5.41, 5.74) is -0.554. The average Bonchev–Trinajstić information content (AvgIpc) is 2.83. The van der Waals surface area contributed by atoms with E-state index in [-0.39, 0.29) is 5.36 Å². The Morgan fingerprint density at radius 2 is 1.95 bits per heavy atom. The van der Waals surface area contributed by atoms with E-state index in [1.165, 1.54) is 11.6 Å². The molecule has 0 bridgehead atoms. The van der Waals surface area contributed by atoms with E-state index in [0.717, 1.165) is 11.0 Å². The van der Waals surface area contributed by atoms with Crippen LogP contribution in [0.4, 0.5) is 0 Å². The predicted molar refractivity (Wildman–Crippen MR) is 66.6 cm³/mol. The zero-order chi connectivity index (χ0) is 14.0. The van der Waals surface area contributed by atoms with Crippen molar-refractivity contribution in [3.8, 4) is 0 Å². The van der Waals surface area contributed by atoms with Crippen LogP contribution in [0.15, 0.2) is 19.6 Å². The number of hydrogen-bond donors (Lipinski definition) is 1. The largest absolute Gasteiger partial charge is 0.429 e. The maximum absolute atomic E-state index is 11.9. The summed E-state index contributed by atoms with van der Waals surface area (Å²) < 4.78 is 7.26. The van der Waals surface area contributed by atoms with E-state index in [1.54, 1.807) is 14.2 Å². The lowest BCUT2D eigenvalue weighted by Gasteiger charge is -1.96. The van der Waals surface area contributed by atoms with E-state index in [9.17, 15) is 9.59 Å². The number of guanidine groups is 1. The molecule has 2 rings (SSSR count). The third-order valence-corrected chi connectivity index (χ3v) is 2.85. The molecule has 0 aromatic carbocycles. The first kappa shape index (κ1) is 13.3. The minimum Gasteiger partial charge on any atom is -0.385 e. The van der Waals surface area contributed by atoms with Crippen LogP contribution in [0.1, 0.15) is 6.42 Å². The zero-order valence-corrected chi connectivity index (χ0v) is 11.1. The molecule has 19 heavy (non-hydrogen) atoms. The molecule has 0 aliphatic carbocycles. The average molecular weight is 266 g/mol. The monoisotopic (exact) mass is 266 g/mol. The van der Waals surface area contributed by atoms with Crippen molar-refractivity contribution in [2.75, 3.05) is 20.3 Å². The molecule has 102 valence electrons. The maximum atomic E-state index is 11.9. The number of hydrogen-bond acceptors (Lipinski definition) is 3. The molecule has 0 atom stereocenters. The predicted octanol–water partition coefficient (Wildman–Crippen LogP) is -4.19. The van der Waals surface area contributed by atoms with Gasteiger partial charge < -0.3 is 4.74 Å². The van der Waals surface area contributed by atoms with Crippen LogP contribution in [0.5, 0.6) is 0 Å². The third kappa shape index (κ3) is 2.39. The van der Waals surface area contributed by atoms with Gasteiger partial charge in [-0.05, 0) is 4.99 Å². The van der Waals surface area contributed by atoms with Gasteiger partial charge >= 0.3 is 17.2 Å². The second kappa shape index (κ2) is 5.27. The van der Waals surface area contributed by atoms with Crippen LogP contribution in [0.3, 0.4) is 0 Å². The summed E-state index contributed by atoms with van der Waals surface area (Å²) in [6.45, 7) is 1.27. The standard InChI is InChI=1S/C11H15N5O3/c1-15-8-7(9(17)16(2)11(15)18)13-10(14-8)12-5-4-6-19-3/h4-6H2,1-3H3/p+1. The quantitative estimate of drug-likeness (QED) is 0.560. The molecule has 0 amide bonds. The van der Waals surface area contributed by atoms with Crippen molar-refractivity contribution in [3.63, 3.8) is 0 Å². The summed E-state index contributed by atoms with van der Waals surface area (Å²) in [4.78, 5) is 34.9. The first-order valence-electron chi connectivity index (χ1n) is 5.89. The molecule has 1 aliphatic rings. The van der Waals surface area contributed by atoms with Crippen molar-refractivity contribution in [2.24, 2.45) is 24.1 Å². The van der Waals surface area contributed by atoms with E-state index in [1.807, 2.05) is 0 Å². The van der Waals surface area contributed by atoms with Crippen LogP contribution in [0.2, 0.25) is 0 Å². The number of methoxy groups -OCH3 is 1. The van der Waals surface area contributed by atoms with Gasteiger partial charge in [0, 0.05) is 34.2 Å². The van der Waals surface area contributed by atoms with Gasteiger partial charge in [-0.1, -0.05) is 4.99 Å². The van der Waals surface area contributed by atoms with Crippen LogP contribution < -0.4 is 27.1 Å². The van der Waals surface area contributed by atoms with Gasteiger partial charge in [0.05, 0.1) is 6.54 Å². The molecule has 1 N–H and O–H groups in total. The van der Waals surface area contributed by atoms with Gasteiger partial charge in [-0.3, -0.25) is 18.9 Å². The summed E-state index contributed by atoms with van der Waals surface area (Å²) >= 11 is 0. The van der Waals surface area contributed by atoms with Gasteiger partial charge in [0.1, 0.15) is 0 Å². The molecule has 8 heteroatoms. The summed E-state index contributed by atoms with van der Waals surface area (Å²) in [5, 5.41) is 0.193. The Balaban J connectivity index is 2.46. The molecule has 1 aromatic heterocycles. The highest BCUT2D eigenvalue weighted by molar-refractivity contribution is 5.77. The van der Waals surface area contributed by atoms with Crippen LogP contribution in [-0.2, 0) is 18.8 Å². The summed E-state index contributed by atoms with van der Waals surface area (Å²) in [7, 11) is 4.62. The second-order valence-corrected chi connectivity index (χ2v) is 4.20. The zero-order valence-electron chi connectivity index (χ0n) is 11.1. The summed E-state index contributed by atoms with van der Waals surface area (Å²) in [5.74, 6) is 0.351. The van der Waals surface area contributed by atoms with Crippen molar-refractivity contribution in [1.82, 2.24) is 9.13 Å². The highest BCUT2D eigenvalue weighted by Crippen LogP contribution is 1.75. The molecule has 0 unspecified atom stereocenters. The molecule has 1 aromatic rings. The smallest absolute Gasteiger partial charge is 0.385 e. The van der Waals surface area contributed by atoms with Crippen molar-refractivity contribution < 1.29 is 9.73 Å². The number of aromatic nitrogens is 2. The Morgan fingerprint density at radius 3 is 2.63 bits per heavy atom. The van der Waals surface area contributed by atoms with Crippen molar-refractivity contribution in [3.05, 3.63) is 31.7 Å². The van der Waals surface area contributed by atoms with E-state index >= 15 is 0 Å². The van der Waals surface area contributed by atoms with Gasteiger partial charge in [0.25, 0.3) is 10.8 Å². The van der Waals surface area contributed by atoms with Gasteiger partial charge in [-0.15, -0.1) is 0 Å². The van der Waals surface area contributed by atoms with Crippen molar-refractivity contribution >= 4 is 5.96 Å². The van der Waals surface area contributed by atoms with Gasteiger partial charge in [0.15, 0.2) is 0 Å². The molecule has 0 fully saturated rings. The molecule has 0 saturated carbocycles. The van der Waals surface area contributed by atoms with Gasteiger partial charge in [0.2, 0.25) is 0 Å².